The monoisotopic (exact) mass is 407 g/mol. The number of hydrogen-bond acceptors (Lipinski definition) is 5. The van der Waals surface area contributed by atoms with E-state index in [-0.39, 0.29) is 22.5 Å². The van der Waals surface area contributed by atoms with Crippen molar-refractivity contribution in [2.24, 2.45) is 0 Å². The second kappa shape index (κ2) is 7.15. The number of pyridine rings is 1. The fraction of sp³-hybridized carbons (Fsp3) is 0.235. The molecule has 11 heteroatoms. The van der Waals surface area contributed by atoms with Crippen molar-refractivity contribution in [2.75, 3.05) is 17.1 Å². The number of methoxy groups -OCH3 is 1. The van der Waals surface area contributed by atoms with Crippen LogP contribution < -0.4 is 14.8 Å². The minimum atomic E-state index is -1.48. The van der Waals surface area contributed by atoms with Crippen molar-refractivity contribution in [3.63, 3.8) is 0 Å². The van der Waals surface area contributed by atoms with Crippen molar-refractivity contribution in [3.8, 4) is 5.88 Å². The molecule has 146 valence electrons. The number of benzene rings is 1. The van der Waals surface area contributed by atoms with Crippen molar-refractivity contribution in [1.82, 2.24) is 15.2 Å². The van der Waals surface area contributed by atoms with E-state index in [0.717, 1.165) is 25.0 Å². The second-order valence-corrected chi connectivity index (χ2v) is 7.66. The van der Waals surface area contributed by atoms with Crippen LogP contribution in [-0.2, 0) is 11.0 Å². The highest BCUT2D eigenvalue weighted by atomic mass is 32.2. The lowest BCUT2D eigenvalue weighted by Gasteiger charge is -2.11. The maximum absolute atomic E-state index is 14.7. The van der Waals surface area contributed by atoms with Crippen molar-refractivity contribution in [2.45, 2.75) is 18.1 Å². The molecule has 2 aromatic heterocycles. The lowest BCUT2D eigenvalue weighted by Crippen LogP contribution is -2.18. The van der Waals surface area contributed by atoms with Gasteiger partial charge in [-0.25, -0.2) is 18.0 Å². The first-order chi connectivity index (χ1) is 13.5. The van der Waals surface area contributed by atoms with Gasteiger partial charge in [0.2, 0.25) is 5.88 Å². The lowest BCUT2D eigenvalue weighted by molar-refractivity contribution is 0.101. The number of H-pyrrole nitrogens is 1. The first-order valence-electron chi connectivity index (χ1n) is 8.32. The van der Waals surface area contributed by atoms with E-state index in [4.69, 9.17) is 4.74 Å². The topological polar surface area (TPSA) is 109 Å². The van der Waals surface area contributed by atoms with Gasteiger partial charge in [-0.2, -0.15) is 0 Å². The number of anilines is 2. The molecular formula is C17H15F2N5O3S. The molecule has 3 aromatic rings. The van der Waals surface area contributed by atoms with Gasteiger partial charge in [-0.3, -0.25) is 9.89 Å². The number of carbonyl (C=O) groups excluding carboxylic acids is 1. The van der Waals surface area contributed by atoms with E-state index in [2.05, 4.69) is 25.2 Å². The summed E-state index contributed by atoms with van der Waals surface area (Å²) in [6.07, 6.45) is 2.88. The highest BCUT2D eigenvalue weighted by Crippen LogP contribution is 2.29. The van der Waals surface area contributed by atoms with Crippen LogP contribution in [0.4, 0.5) is 20.2 Å². The maximum Gasteiger partial charge on any atom is 0.261 e. The molecule has 0 spiro atoms. The quantitative estimate of drug-likeness (QED) is 0.582. The molecule has 4 rings (SSSR count). The molecule has 1 fully saturated rings. The van der Waals surface area contributed by atoms with Crippen LogP contribution in [0.2, 0.25) is 0 Å². The summed E-state index contributed by atoms with van der Waals surface area (Å²) >= 11 is 0. The van der Waals surface area contributed by atoms with Gasteiger partial charge in [0.05, 0.1) is 35.3 Å². The van der Waals surface area contributed by atoms with Crippen molar-refractivity contribution in [1.29, 1.82) is 0 Å². The third-order valence-corrected chi connectivity index (χ3v) is 5.69. The average Bonchev–Trinajstić information content (AvgIpc) is 3.44. The molecule has 0 bridgehead atoms. The highest BCUT2D eigenvalue weighted by Gasteiger charge is 2.30. The summed E-state index contributed by atoms with van der Waals surface area (Å²) in [5, 5.41) is 9.40. The summed E-state index contributed by atoms with van der Waals surface area (Å²) in [6, 6.07) is 3.58. The van der Waals surface area contributed by atoms with Crippen molar-refractivity contribution >= 4 is 39.3 Å². The van der Waals surface area contributed by atoms with Gasteiger partial charge in [0.15, 0.2) is 11.5 Å². The van der Waals surface area contributed by atoms with Gasteiger partial charge in [0.1, 0.15) is 22.4 Å². The molecule has 0 saturated heterocycles. The molecule has 1 atom stereocenters. The predicted octanol–water partition coefficient (Wildman–Crippen LogP) is 2.74. The Balaban J connectivity index is 1.61. The van der Waals surface area contributed by atoms with Crippen LogP contribution in [0.15, 0.2) is 24.4 Å². The summed E-state index contributed by atoms with van der Waals surface area (Å²) in [5.41, 5.74) is -0.337. The third kappa shape index (κ3) is 3.40. The maximum atomic E-state index is 14.7. The molecular weight excluding hydrogens is 392 g/mol. The minimum absolute atomic E-state index is 0.0514. The third-order valence-electron chi connectivity index (χ3n) is 4.19. The van der Waals surface area contributed by atoms with Gasteiger partial charge < -0.3 is 14.8 Å². The summed E-state index contributed by atoms with van der Waals surface area (Å²) in [6.45, 7) is 0. The Kier molecular flexibility index (Phi) is 4.67. The minimum Gasteiger partial charge on any atom is -0.479 e. The van der Waals surface area contributed by atoms with Crippen LogP contribution in [0.25, 0.3) is 11.0 Å². The van der Waals surface area contributed by atoms with E-state index < -0.39 is 34.1 Å². The Hall–Kier alpha value is -3.08. The molecule has 28 heavy (non-hydrogen) atoms. The fourth-order valence-corrected chi connectivity index (χ4v) is 3.72. The molecule has 1 aliphatic rings. The number of nitrogens with zero attached hydrogens (tertiary/aromatic N) is 2. The fourth-order valence-electron chi connectivity index (χ4n) is 2.61. The predicted molar refractivity (Wildman–Crippen MR) is 99.5 cm³/mol. The number of fused-ring (bicyclic) bond motifs is 1. The molecule has 0 aliphatic heterocycles. The average molecular weight is 407 g/mol. The highest BCUT2D eigenvalue weighted by molar-refractivity contribution is 7.87. The van der Waals surface area contributed by atoms with E-state index in [1.165, 1.54) is 19.4 Å². The van der Waals surface area contributed by atoms with Crippen LogP contribution in [0, 0.1) is 11.6 Å². The van der Waals surface area contributed by atoms with Gasteiger partial charge >= 0.3 is 0 Å². The molecule has 1 unspecified atom stereocenters. The summed E-state index contributed by atoms with van der Waals surface area (Å²) in [5.74, 6) is -2.88. The first kappa shape index (κ1) is 18.3. The largest absolute Gasteiger partial charge is 0.479 e. The first-order valence-corrected chi connectivity index (χ1v) is 9.54. The number of amides is 1. The smallest absolute Gasteiger partial charge is 0.261 e. The van der Waals surface area contributed by atoms with Crippen LogP contribution in [-0.4, -0.2) is 37.7 Å². The van der Waals surface area contributed by atoms with Gasteiger partial charge in [-0.15, -0.1) is 5.10 Å². The number of nitrogens with one attached hydrogen (secondary N) is 3. The van der Waals surface area contributed by atoms with Gasteiger partial charge in [-0.1, -0.05) is 0 Å². The number of aromatic amines is 1. The Morgan fingerprint density at radius 2 is 2.14 bits per heavy atom. The molecule has 1 amide bonds. The normalized spacial score (nSPS) is 14.7. The summed E-state index contributed by atoms with van der Waals surface area (Å²) in [4.78, 5) is 16.6. The molecule has 1 aliphatic carbocycles. The van der Waals surface area contributed by atoms with E-state index in [9.17, 15) is 17.8 Å². The Bertz CT molecular complexity index is 1100. The number of ether oxygens (including phenoxy) is 1. The van der Waals surface area contributed by atoms with Gasteiger partial charge in [0.25, 0.3) is 5.91 Å². The Morgan fingerprint density at radius 1 is 1.36 bits per heavy atom. The Labute approximate surface area is 160 Å². The zero-order chi connectivity index (χ0) is 19.8. The van der Waals surface area contributed by atoms with Crippen LogP contribution in [0.3, 0.4) is 0 Å². The van der Waals surface area contributed by atoms with E-state index in [1.54, 1.807) is 0 Å². The van der Waals surface area contributed by atoms with Crippen LogP contribution in [0.1, 0.15) is 23.2 Å². The van der Waals surface area contributed by atoms with Crippen molar-refractivity contribution in [3.05, 3.63) is 41.6 Å². The van der Waals surface area contributed by atoms with E-state index in [0.29, 0.717) is 11.0 Å². The van der Waals surface area contributed by atoms with Gasteiger partial charge in [-0.05, 0) is 31.0 Å². The Morgan fingerprint density at radius 3 is 2.86 bits per heavy atom. The van der Waals surface area contributed by atoms with Gasteiger partial charge in [0, 0.05) is 0 Å². The zero-order valence-electron chi connectivity index (χ0n) is 14.6. The van der Waals surface area contributed by atoms with E-state index in [1.807, 2.05) is 0 Å². The van der Waals surface area contributed by atoms with Crippen LogP contribution >= 0.6 is 0 Å². The van der Waals surface area contributed by atoms with Crippen LogP contribution in [0.5, 0.6) is 5.88 Å². The van der Waals surface area contributed by atoms with Crippen molar-refractivity contribution < 1.29 is 22.5 Å². The zero-order valence-corrected chi connectivity index (χ0v) is 15.4. The molecule has 1 saturated carbocycles. The number of halogens is 2. The number of aromatic nitrogens is 3. The number of hydrogen-bond donors (Lipinski definition) is 3. The lowest BCUT2D eigenvalue weighted by atomic mass is 10.1. The molecule has 2 heterocycles. The molecule has 0 radical (unpaired) electrons. The number of rotatable bonds is 6. The number of carbonyl (C=O) groups is 1. The molecule has 1 aromatic carbocycles. The summed E-state index contributed by atoms with van der Waals surface area (Å²) in [7, 11) is -0.0550. The molecule has 8 nitrogen and oxygen atoms in total. The SMILES string of the molecule is COc1n[nH]c2ncc(NC(=O)c3c(F)ccc(NS(=O)C4CC4)c3F)cc12. The summed E-state index contributed by atoms with van der Waals surface area (Å²) < 4.78 is 48.4. The standard InChI is InChI=1S/C17H15F2N5O3S/c1-27-17-10-6-8(7-20-15(10)22-23-17)21-16(25)13-11(18)4-5-12(14(13)19)24-28(26)9-2-3-9/h4-7,9,24H,2-3H2,1H3,(H,21,25)(H,20,22,23). The second-order valence-electron chi connectivity index (χ2n) is 6.19. The van der Waals surface area contributed by atoms with E-state index >= 15 is 0 Å². The molecule has 3 N–H and O–H groups in total.